The van der Waals surface area contributed by atoms with Gasteiger partial charge in [-0.05, 0) is 25.0 Å². The number of hydrogen-bond acceptors (Lipinski definition) is 2. The molecule has 0 heterocycles. The molecule has 0 spiro atoms. The number of carbonyl (C=O) groups is 1. The van der Waals surface area contributed by atoms with E-state index in [-0.39, 0.29) is 5.97 Å². The highest BCUT2D eigenvalue weighted by Crippen LogP contribution is 2.09. The highest BCUT2D eigenvalue weighted by atomic mass is 16.5. The minimum atomic E-state index is -0.312. The van der Waals surface area contributed by atoms with Gasteiger partial charge in [0.25, 0.3) is 0 Å². The number of hydrogen-bond donors (Lipinski definition) is 0. The van der Waals surface area contributed by atoms with Crippen molar-refractivity contribution < 1.29 is 9.53 Å². The maximum Gasteiger partial charge on any atom is 0.308 e. The maximum absolute atomic E-state index is 10.8. The largest absolute Gasteiger partial charge is 0.427 e. The molecule has 0 bridgehead atoms. The summed E-state index contributed by atoms with van der Waals surface area (Å²) in [5.74, 6) is 0.192. The monoisotopic (exact) mass is 278 g/mol. The molecule has 114 valence electrons. The molecular formula is C18H30O2. The Morgan fingerprint density at radius 1 is 1.05 bits per heavy atom. The van der Waals surface area contributed by atoms with E-state index in [0.717, 1.165) is 6.42 Å². The lowest BCUT2D eigenvalue weighted by Gasteiger charge is -2.00. The normalized spacial score (nSPS) is 11.8. The van der Waals surface area contributed by atoms with Gasteiger partial charge in [0.05, 0.1) is 0 Å². The first-order chi connectivity index (χ1) is 9.70. The number of rotatable bonds is 12. The lowest BCUT2D eigenvalue weighted by Crippen LogP contribution is -1.95. The zero-order valence-corrected chi connectivity index (χ0v) is 13.2. The number of allylic oxidation sites excluding steroid dienone is 4. The summed E-state index contributed by atoms with van der Waals surface area (Å²) in [4.78, 5) is 10.8. The summed E-state index contributed by atoms with van der Waals surface area (Å²) in [7, 11) is 0. The van der Waals surface area contributed by atoms with Gasteiger partial charge in [0.1, 0.15) is 5.76 Å². The third kappa shape index (κ3) is 13.1. The molecule has 0 aromatic heterocycles. The number of carbonyl (C=O) groups excluding carboxylic acids is 1. The molecule has 0 N–H and O–H groups in total. The summed E-state index contributed by atoms with van der Waals surface area (Å²) in [5, 5.41) is 0. The molecule has 2 nitrogen and oxygen atoms in total. The van der Waals surface area contributed by atoms with E-state index in [9.17, 15) is 4.79 Å². The van der Waals surface area contributed by atoms with Crippen LogP contribution in [-0.4, -0.2) is 5.97 Å². The average Bonchev–Trinajstić information content (AvgIpc) is 2.43. The average molecular weight is 278 g/mol. The van der Waals surface area contributed by atoms with Crippen LogP contribution in [0, 0.1) is 0 Å². The summed E-state index contributed by atoms with van der Waals surface area (Å²) in [6, 6.07) is 0. The molecule has 0 unspecified atom stereocenters. The molecule has 0 aliphatic carbocycles. The molecule has 0 atom stereocenters. The Bertz CT molecular complexity index is 313. The van der Waals surface area contributed by atoms with Crippen LogP contribution in [0.25, 0.3) is 0 Å². The van der Waals surface area contributed by atoms with Gasteiger partial charge in [0.2, 0.25) is 0 Å². The first kappa shape index (κ1) is 18.7. The van der Waals surface area contributed by atoms with Gasteiger partial charge in [-0.1, -0.05) is 70.6 Å². The van der Waals surface area contributed by atoms with Crippen molar-refractivity contribution in [2.45, 2.75) is 71.6 Å². The third-order valence-electron chi connectivity index (χ3n) is 3.08. The van der Waals surface area contributed by atoms with Gasteiger partial charge < -0.3 is 4.74 Å². The first-order valence-corrected chi connectivity index (χ1v) is 7.88. The number of ether oxygens (including phenoxy) is 1. The minimum Gasteiger partial charge on any atom is -0.427 e. The molecule has 0 radical (unpaired) electrons. The second-order valence-electron chi connectivity index (χ2n) is 5.06. The Balaban J connectivity index is 3.53. The Labute approximate surface area is 124 Å². The predicted octanol–water partition coefficient (Wildman–Crippen LogP) is 5.71. The molecule has 0 saturated carbocycles. The summed E-state index contributed by atoms with van der Waals surface area (Å²) < 4.78 is 4.94. The molecule has 0 aromatic carbocycles. The highest BCUT2D eigenvalue weighted by Gasteiger charge is 1.94. The van der Waals surface area contributed by atoms with E-state index in [0.29, 0.717) is 5.76 Å². The van der Waals surface area contributed by atoms with Gasteiger partial charge in [-0.2, -0.15) is 0 Å². The van der Waals surface area contributed by atoms with E-state index in [4.69, 9.17) is 4.74 Å². The van der Waals surface area contributed by atoms with Crippen molar-refractivity contribution in [2.24, 2.45) is 0 Å². The van der Waals surface area contributed by atoms with Crippen LogP contribution in [0.2, 0.25) is 0 Å². The van der Waals surface area contributed by atoms with Crippen LogP contribution in [0.15, 0.2) is 36.6 Å². The smallest absolute Gasteiger partial charge is 0.308 e. The standard InChI is InChI=1S/C18H30O2/c1-4-6-7-8-9-10-11-12-13-14-15-16-18(5-2)20-17(3)19/h5,14-16H,2,4,6-13H2,1,3H3. The predicted molar refractivity (Wildman–Crippen MR) is 86.4 cm³/mol. The van der Waals surface area contributed by atoms with Crippen LogP contribution >= 0.6 is 0 Å². The van der Waals surface area contributed by atoms with Crippen LogP contribution in [0.4, 0.5) is 0 Å². The van der Waals surface area contributed by atoms with Gasteiger partial charge in [-0.15, -0.1) is 0 Å². The fraction of sp³-hybridized carbons (Fsp3) is 0.611. The van der Waals surface area contributed by atoms with Crippen LogP contribution in [0.5, 0.6) is 0 Å². The second kappa shape index (κ2) is 14.1. The Hall–Kier alpha value is -1.31. The third-order valence-corrected chi connectivity index (χ3v) is 3.08. The van der Waals surface area contributed by atoms with Gasteiger partial charge >= 0.3 is 5.97 Å². The molecule has 0 rings (SSSR count). The summed E-state index contributed by atoms with van der Waals surface area (Å²) >= 11 is 0. The van der Waals surface area contributed by atoms with Crippen molar-refractivity contribution in [3.8, 4) is 0 Å². The molecule has 0 aromatic rings. The molecule has 0 amide bonds. The minimum absolute atomic E-state index is 0.312. The Morgan fingerprint density at radius 3 is 2.20 bits per heavy atom. The fourth-order valence-corrected chi connectivity index (χ4v) is 1.96. The molecule has 20 heavy (non-hydrogen) atoms. The number of esters is 1. The Kier molecular flexibility index (Phi) is 13.2. The van der Waals surface area contributed by atoms with E-state index in [1.807, 2.05) is 6.08 Å². The van der Waals surface area contributed by atoms with Crippen molar-refractivity contribution in [3.63, 3.8) is 0 Å². The van der Waals surface area contributed by atoms with Crippen molar-refractivity contribution in [1.82, 2.24) is 0 Å². The van der Waals surface area contributed by atoms with Crippen molar-refractivity contribution in [1.29, 1.82) is 0 Å². The number of unbranched alkanes of at least 4 members (excludes halogenated alkanes) is 8. The lowest BCUT2D eigenvalue weighted by atomic mass is 10.1. The van der Waals surface area contributed by atoms with E-state index in [1.54, 1.807) is 12.2 Å². The molecular weight excluding hydrogens is 248 g/mol. The molecule has 0 saturated heterocycles. The van der Waals surface area contributed by atoms with Gasteiger partial charge in [-0.3, -0.25) is 4.79 Å². The zero-order valence-electron chi connectivity index (χ0n) is 13.2. The second-order valence-corrected chi connectivity index (χ2v) is 5.06. The Morgan fingerprint density at radius 2 is 1.65 bits per heavy atom. The van der Waals surface area contributed by atoms with Crippen LogP contribution in [0.1, 0.15) is 71.6 Å². The summed E-state index contributed by atoms with van der Waals surface area (Å²) in [6.45, 7) is 7.25. The topological polar surface area (TPSA) is 26.3 Å². The van der Waals surface area contributed by atoms with Crippen molar-refractivity contribution in [3.05, 3.63) is 36.6 Å². The van der Waals surface area contributed by atoms with Crippen molar-refractivity contribution >= 4 is 5.97 Å². The van der Waals surface area contributed by atoms with Gasteiger partial charge in [0.15, 0.2) is 0 Å². The van der Waals surface area contributed by atoms with E-state index in [1.165, 1.54) is 58.3 Å². The summed E-state index contributed by atoms with van der Waals surface area (Å²) in [5.41, 5.74) is 0. The first-order valence-electron chi connectivity index (χ1n) is 7.88. The van der Waals surface area contributed by atoms with Crippen LogP contribution in [-0.2, 0) is 9.53 Å². The molecule has 0 fully saturated rings. The van der Waals surface area contributed by atoms with E-state index >= 15 is 0 Å². The van der Waals surface area contributed by atoms with Gasteiger partial charge in [0, 0.05) is 6.92 Å². The molecule has 2 heteroatoms. The highest BCUT2D eigenvalue weighted by molar-refractivity contribution is 5.67. The van der Waals surface area contributed by atoms with Gasteiger partial charge in [-0.25, -0.2) is 0 Å². The lowest BCUT2D eigenvalue weighted by molar-refractivity contribution is -0.136. The quantitative estimate of drug-likeness (QED) is 0.198. The van der Waals surface area contributed by atoms with Crippen LogP contribution in [0.3, 0.4) is 0 Å². The van der Waals surface area contributed by atoms with Crippen LogP contribution < -0.4 is 0 Å². The van der Waals surface area contributed by atoms with E-state index in [2.05, 4.69) is 19.6 Å². The SMILES string of the molecule is C=CC(=CC=CCCCCCCCCCC)OC(C)=O. The maximum atomic E-state index is 10.8. The molecule has 0 aliphatic rings. The van der Waals surface area contributed by atoms with E-state index < -0.39 is 0 Å². The molecule has 0 aliphatic heterocycles. The van der Waals surface area contributed by atoms with Crippen molar-refractivity contribution in [2.75, 3.05) is 0 Å². The fourth-order valence-electron chi connectivity index (χ4n) is 1.96. The summed E-state index contributed by atoms with van der Waals surface area (Å²) in [6.07, 6.45) is 19.2. The zero-order chi connectivity index (χ0) is 15.1.